The van der Waals surface area contributed by atoms with Crippen LogP contribution in [0.2, 0.25) is 0 Å². The molecule has 18 heavy (non-hydrogen) atoms. The van der Waals surface area contributed by atoms with Crippen LogP contribution in [0.5, 0.6) is 0 Å². The molecule has 0 amide bonds. The van der Waals surface area contributed by atoms with E-state index in [0.717, 1.165) is 12.3 Å². The Morgan fingerprint density at radius 3 is 2.83 bits per heavy atom. The molecule has 0 spiro atoms. The highest BCUT2D eigenvalue weighted by molar-refractivity contribution is 9.10. The topological polar surface area (TPSA) is 29.3 Å². The van der Waals surface area contributed by atoms with Crippen molar-refractivity contribution in [3.05, 3.63) is 28.2 Å². The van der Waals surface area contributed by atoms with Crippen molar-refractivity contribution in [1.29, 1.82) is 0 Å². The predicted molar refractivity (Wildman–Crippen MR) is 82.1 cm³/mol. The summed E-state index contributed by atoms with van der Waals surface area (Å²) in [5.41, 5.74) is 8.27. The molecule has 1 atom stereocenters. The summed E-state index contributed by atoms with van der Waals surface area (Å²) in [6.07, 6.45) is 3.57. The van der Waals surface area contributed by atoms with Crippen LogP contribution in [0.3, 0.4) is 0 Å². The van der Waals surface area contributed by atoms with Crippen molar-refractivity contribution in [2.45, 2.75) is 39.2 Å². The second kappa shape index (κ2) is 6.07. The number of hydrogen-bond donors (Lipinski definition) is 1. The molecule has 3 heteroatoms. The molecule has 100 valence electrons. The third kappa shape index (κ3) is 2.89. The molecule has 0 aromatic heterocycles. The lowest BCUT2D eigenvalue weighted by Gasteiger charge is -2.30. The lowest BCUT2D eigenvalue weighted by molar-refractivity contribution is 0.492. The van der Waals surface area contributed by atoms with Gasteiger partial charge in [0.25, 0.3) is 0 Å². The average molecular weight is 311 g/mol. The normalized spacial score (nSPS) is 19.8. The van der Waals surface area contributed by atoms with Gasteiger partial charge in [0.2, 0.25) is 0 Å². The van der Waals surface area contributed by atoms with Crippen LogP contribution >= 0.6 is 15.9 Å². The minimum Gasteiger partial charge on any atom is -0.368 e. The molecule has 0 aliphatic carbocycles. The van der Waals surface area contributed by atoms with Crippen LogP contribution in [0.15, 0.2) is 22.7 Å². The first kappa shape index (κ1) is 13.9. The largest absolute Gasteiger partial charge is 0.368 e. The number of benzene rings is 1. The van der Waals surface area contributed by atoms with Gasteiger partial charge in [-0.1, -0.05) is 35.8 Å². The van der Waals surface area contributed by atoms with Gasteiger partial charge in [0.1, 0.15) is 0 Å². The van der Waals surface area contributed by atoms with Crippen LogP contribution in [0, 0.1) is 5.92 Å². The first-order valence-corrected chi connectivity index (χ1v) is 7.68. The summed E-state index contributed by atoms with van der Waals surface area (Å²) in [7, 11) is 0. The summed E-state index contributed by atoms with van der Waals surface area (Å²) in [6, 6.07) is 7.40. The van der Waals surface area contributed by atoms with E-state index < -0.39 is 0 Å². The molecule has 1 aromatic carbocycles. The molecule has 2 N–H and O–H groups in total. The molecule has 1 saturated heterocycles. The van der Waals surface area contributed by atoms with Crippen LogP contribution in [-0.2, 0) is 6.42 Å². The van der Waals surface area contributed by atoms with Crippen LogP contribution in [0.1, 0.15) is 32.3 Å². The molecule has 1 unspecified atom stereocenters. The Kier molecular flexibility index (Phi) is 4.68. The molecule has 1 aliphatic heterocycles. The van der Waals surface area contributed by atoms with Crippen molar-refractivity contribution in [2.24, 2.45) is 11.7 Å². The van der Waals surface area contributed by atoms with E-state index in [9.17, 15) is 0 Å². The summed E-state index contributed by atoms with van der Waals surface area (Å²) in [4.78, 5) is 2.56. The van der Waals surface area contributed by atoms with Crippen molar-refractivity contribution in [3.63, 3.8) is 0 Å². The maximum atomic E-state index is 5.62. The third-order valence-electron chi connectivity index (χ3n) is 3.85. The minimum atomic E-state index is 0.692. The van der Waals surface area contributed by atoms with Gasteiger partial charge in [0.05, 0.1) is 0 Å². The van der Waals surface area contributed by atoms with Gasteiger partial charge in [-0.25, -0.2) is 0 Å². The maximum absolute atomic E-state index is 5.62. The highest BCUT2D eigenvalue weighted by Crippen LogP contribution is 2.32. The zero-order valence-corrected chi connectivity index (χ0v) is 12.9. The van der Waals surface area contributed by atoms with Crippen molar-refractivity contribution >= 4 is 21.6 Å². The summed E-state index contributed by atoms with van der Waals surface area (Å²) < 4.78 is 1.19. The van der Waals surface area contributed by atoms with Gasteiger partial charge in [-0.3, -0.25) is 0 Å². The van der Waals surface area contributed by atoms with E-state index in [4.69, 9.17) is 5.73 Å². The van der Waals surface area contributed by atoms with E-state index >= 15 is 0 Å². The summed E-state index contributed by atoms with van der Waals surface area (Å²) >= 11 is 3.67. The number of nitrogens with two attached hydrogens (primary N) is 1. The number of hydrogen-bond acceptors (Lipinski definition) is 2. The fraction of sp³-hybridized carbons (Fsp3) is 0.600. The van der Waals surface area contributed by atoms with E-state index in [0.29, 0.717) is 12.6 Å². The highest BCUT2D eigenvalue weighted by Gasteiger charge is 2.27. The second-order valence-corrected chi connectivity index (χ2v) is 6.32. The first-order valence-electron chi connectivity index (χ1n) is 6.88. The molecule has 1 heterocycles. The van der Waals surface area contributed by atoms with Gasteiger partial charge >= 0.3 is 0 Å². The zero-order valence-electron chi connectivity index (χ0n) is 11.3. The Balaban J connectivity index is 2.20. The molecular formula is C15H23BrN2. The van der Waals surface area contributed by atoms with Crippen molar-refractivity contribution in [3.8, 4) is 0 Å². The Labute approximate surface area is 119 Å². The average Bonchev–Trinajstić information content (AvgIpc) is 2.81. The number of halogens is 1. The van der Waals surface area contributed by atoms with Crippen LogP contribution < -0.4 is 10.6 Å². The van der Waals surface area contributed by atoms with Crippen molar-refractivity contribution < 1.29 is 0 Å². The highest BCUT2D eigenvalue weighted by atomic mass is 79.9. The number of anilines is 1. The minimum absolute atomic E-state index is 0.692. The smallest absolute Gasteiger partial charge is 0.0380 e. The van der Waals surface area contributed by atoms with Crippen LogP contribution in [0.25, 0.3) is 0 Å². The summed E-state index contributed by atoms with van der Waals surface area (Å²) in [5.74, 6) is 0.718. The lowest BCUT2D eigenvalue weighted by Crippen LogP contribution is -2.33. The van der Waals surface area contributed by atoms with E-state index in [2.05, 4.69) is 52.9 Å². The molecule has 0 radical (unpaired) electrons. The molecular weight excluding hydrogens is 288 g/mol. The quantitative estimate of drug-likeness (QED) is 0.921. The van der Waals surface area contributed by atoms with Gasteiger partial charge in [0.15, 0.2) is 0 Å². The Hall–Kier alpha value is -0.540. The second-order valence-electron chi connectivity index (χ2n) is 5.46. The van der Waals surface area contributed by atoms with Gasteiger partial charge < -0.3 is 10.6 Å². The standard InChI is InChI=1S/C15H23BrN2/c1-11(2)15-4-3-9-18(15)13-6-5-12(7-8-17)14(16)10-13/h5-6,10-11,15H,3-4,7-9,17H2,1-2H3. The number of rotatable bonds is 4. The van der Waals surface area contributed by atoms with Crippen LogP contribution in [0.4, 0.5) is 5.69 Å². The maximum Gasteiger partial charge on any atom is 0.0380 e. The van der Waals surface area contributed by atoms with Gasteiger partial charge in [-0.15, -0.1) is 0 Å². The van der Waals surface area contributed by atoms with Gasteiger partial charge in [-0.2, -0.15) is 0 Å². The third-order valence-corrected chi connectivity index (χ3v) is 4.59. The SMILES string of the molecule is CC(C)C1CCCN1c1ccc(CCN)c(Br)c1. The summed E-state index contributed by atoms with van der Waals surface area (Å²) in [5, 5.41) is 0. The lowest BCUT2D eigenvalue weighted by atomic mass is 10.0. The van der Waals surface area contributed by atoms with E-state index in [-0.39, 0.29) is 0 Å². The van der Waals surface area contributed by atoms with E-state index in [1.165, 1.54) is 35.1 Å². The Morgan fingerprint density at radius 1 is 1.44 bits per heavy atom. The van der Waals surface area contributed by atoms with Gasteiger partial charge in [-0.05, 0) is 49.4 Å². The molecule has 0 saturated carbocycles. The Bertz CT molecular complexity index is 403. The predicted octanol–water partition coefficient (Wildman–Crippen LogP) is 3.58. The molecule has 2 nitrogen and oxygen atoms in total. The monoisotopic (exact) mass is 310 g/mol. The molecule has 0 bridgehead atoms. The van der Waals surface area contributed by atoms with E-state index in [1.54, 1.807) is 0 Å². The van der Waals surface area contributed by atoms with Gasteiger partial charge in [0, 0.05) is 22.7 Å². The van der Waals surface area contributed by atoms with E-state index in [1.807, 2.05) is 0 Å². The fourth-order valence-corrected chi connectivity index (χ4v) is 3.44. The molecule has 2 rings (SSSR count). The summed E-state index contributed by atoms with van der Waals surface area (Å²) in [6.45, 7) is 6.53. The Morgan fingerprint density at radius 2 is 2.22 bits per heavy atom. The van der Waals surface area contributed by atoms with Crippen molar-refractivity contribution in [2.75, 3.05) is 18.0 Å². The molecule has 1 fully saturated rings. The first-order chi connectivity index (χ1) is 8.63. The zero-order chi connectivity index (χ0) is 13.1. The number of nitrogens with zero attached hydrogens (tertiary/aromatic N) is 1. The molecule has 1 aromatic rings. The van der Waals surface area contributed by atoms with Crippen molar-refractivity contribution in [1.82, 2.24) is 0 Å². The van der Waals surface area contributed by atoms with Crippen LogP contribution in [-0.4, -0.2) is 19.1 Å². The fourth-order valence-electron chi connectivity index (χ4n) is 2.88. The molecule has 1 aliphatic rings.